The Morgan fingerprint density at radius 2 is 1.88 bits per heavy atom. The summed E-state index contributed by atoms with van der Waals surface area (Å²) < 4.78 is 0. The smallest absolute Gasteiger partial charge is 0.0406 e. The molecule has 3 N–H and O–H groups in total. The Morgan fingerprint density at radius 1 is 1.19 bits per heavy atom. The standard InChI is InChI=1S/C13H19ClN2/c14-11-7-5-10(6-8-11)9-16-13-4-2-1-3-12(13)15/h5-8,12-13,16H,1-4,9,15H2/t12-,13-/m0/s1. The van der Waals surface area contributed by atoms with E-state index in [1.807, 2.05) is 12.1 Å². The number of nitrogens with one attached hydrogen (secondary N) is 1. The maximum absolute atomic E-state index is 6.08. The molecule has 88 valence electrons. The monoisotopic (exact) mass is 238 g/mol. The minimum Gasteiger partial charge on any atom is -0.326 e. The van der Waals surface area contributed by atoms with Gasteiger partial charge in [0.1, 0.15) is 0 Å². The Hall–Kier alpha value is -0.570. The average Bonchev–Trinajstić information content (AvgIpc) is 2.30. The molecule has 0 radical (unpaired) electrons. The molecule has 1 aromatic carbocycles. The van der Waals surface area contributed by atoms with Gasteiger partial charge in [-0.1, -0.05) is 36.6 Å². The maximum atomic E-state index is 6.08. The van der Waals surface area contributed by atoms with Crippen LogP contribution >= 0.6 is 11.6 Å². The first kappa shape index (κ1) is 11.9. The van der Waals surface area contributed by atoms with Crippen LogP contribution in [0.4, 0.5) is 0 Å². The van der Waals surface area contributed by atoms with Gasteiger partial charge in [0.05, 0.1) is 0 Å². The van der Waals surface area contributed by atoms with Gasteiger partial charge < -0.3 is 11.1 Å². The van der Waals surface area contributed by atoms with Gasteiger partial charge in [0, 0.05) is 23.7 Å². The molecule has 16 heavy (non-hydrogen) atoms. The molecule has 2 nitrogen and oxygen atoms in total. The lowest BCUT2D eigenvalue weighted by Crippen LogP contribution is -2.46. The average molecular weight is 239 g/mol. The zero-order valence-corrected chi connectivity index (χ0v) is 10.2. The van der Waals surface area contributed by atoms with Crippen LogP contribution in [0.1, 0.15) is 31.2 Å². The number of halogens is 1. The summed E-state index contributed by atoms with van der Waals surface area (Å²) in [5.41, 5.74) is 7.35. The Labute approximate surface area is 102 Å². The van der Waals surface area contributed by atoms with Crippen molar-refractivity contribution in [3.63, 3.8) is 0 Å². The van der Waals surface area contributed by atoms with Gasteiger partial charge in [-0.25, -0.2) is 0 Å². The van der Waals surface area contributed by atoms with Crippen molar-refractivity contribution in [1.29, 1.82) is 0 Å². The zero-order chi connectivity index (χ0) is 11.4. The quantitative estimate of drug-likeness (QED) is 0.850. The Balaban J connectivity index is 1.84. The van der Waals surface area contributed by atoms with E-state index in [-0.39, 0.29) is 0 Å². The third-order valence-corrected chi connectivity index (χ3v) is 3.55. The van der Waals surface area contributed by atoms with Gasteiger partial charge in [0.2, 0.25) is 0 Å². The first-order valence-corrected chi connectivity index (χ1v) is 6.37. The molecule has 0 heterocycles. The Bertz CT molecular complexity index is 323. The van der Waals surface area contributed by atoms with Crippen LogP contribution in [-0.2, 0) is 6.54 Å². The predicted molar refractivity (Wildman–Crippen MR) is 68.5 cm³/mol. The molecule has 1 saturated carbocycles. The van der Waals surface area contributed by atoms with E-state index in [0.29, 0.717) is 12.1 Å². The number of nitrogens with two attached hydrogens (primary N) is 1. The molecule has 1 aliphatic rings. The van der Waals surface area contributed by atoms with E-state index in [1.54, 1.807) is 0 Å². The van der Waals surface area contributed by atoms with Crippen LogP contribution in [0.15, 0.2) is 24.3 Å². The third-order valence-electron chi connectivity index (χ3n) is 3.30. The fourth-order valence-electron chi connectivity index (χ4n) is 2.26. The highest BCUT2D eigenvalue weighted by Crippen LogP contribution is 2.17. The molecule has 0 saturated heterocycles. The van der Waals surface area contributed by atoms with Crippen molar-refractivity contribution in [2.75, 3.05) is 0 Å². The van der Waals surface area contributed by atoms with E-state index in [0.717, 1.165) is 18.0 Å². The van der Waals surface area contributed by atoms with Crippen molar-refractivity contribution in [1.82, 2.24) is 5.32 Å². The van der Waals surface area contributed by atoms with Gasteiger partial charge in [-0.15, -0.1) is 0 Å². The largest absolute Gasteiger partial charge is 0.326 e. The minimum absolute atomic E-state index is 0.320. The van der Waals surface area contributed by atoms with Gasteiger partial charge >= 0.3 is 0 Å². The Kier molecular flexibility index (Phi) is 4.22. The van der Waals surface area contributed by atoms with E-state index in [9.17, 15) is 0 Å². The number of benzene rings is 1. The molecule has 1 fully saturated rings. The molecule has 2 atom stereocenters. The predicted octanol–water partition coefficient (Wildman–Crippen LogP) is 2.70. The van der Waals surface area contributed by atoms with Gasteiger partial charge in [-0.2, -0.15) is 0 Å². The summed E-state index contributed by atoms with van der Waals surface area (Å²) in [5.74, 6) is 0. The molecule has 3 heteroatoms. The Morgan fingerprint density at radius 3 is 2.56 bits per heavy atom. The summed E-state index contributed by atoms with van der Waals surface area (Å²) in [5, 5.41) is 4.33. The molecular weight excluding hydrogens is 220 g/mol. The fraction of sp³-hybridized carbons (Fsp3) is 0.538. The molecule has 0 spiro atoms. The molecule has 0 unspecified atom stereocenters. The molecule has 0 bridgehead atoms. The zero-order valence-electron chi connectivity index (χ0n) is 9.45. The summed E-state index contributed by atoms with van der Waals surface area (Å²) >= 11 is 5.84. The summed E-state index contributed by atoms with van der Waals surface area (Å²) in [4.78, 5) is 0. The third kappa shape index (κ3) is 3.21. The highest BCUT2D eigenvalue weighted by atomic mass is 35.5. The lowest BCUT2D eigenvalue weighted by molar-refractivity contribution is 0.326. The molecular formula is C13H19ClN2. The van der Waals surface area contributed by atoms with Gasteiger partial charge in [0.25, 0.3) is 0 Å². The van der Waals surface area contributed by atoms with Crippen LogP contribution in [-0.4, -0.2) is 12.1 Å². The number of rotatable bonds is 3. The van der Waals surface area contributed by atoms with Crippen molar-refractivity contribution in [3.05, 3.63) is 34.9 Å². The van der Waals surface area contributed by atoms with Crippen LogP contribution < -0.4 is 11.1 Å². The van der Waals surface area contributed by atoms with Crippen LogP contribution in [0.5, 0.6) is 0 Å². The maximum Gasteiger partial charge on any atom is 0.0406 e. The highest BCUT2D eigenvalue weighted by Gasteiger charge is 2.20. The molecule has 2 rings (SSSR count). The minimum atomic E-state index is 0.320. The molecule has 0 aliphatic heterocycles. The van der Waals surface area contributed by atoms with E-state index >= 15 is 0 Å². The van der Waals surface area contributed by atoms with Crippen molar-refractivity contribution >= 4 is 11.6 Å². The van der Waals surface area contributed by atoms with Crippen LogP contribution in [0.3, 0.4) is 0 Å². The second-order valence-electron chi connectivity index (χ2n) is 4.56. The number of hydrogen-bond acceptors (Lipinski definition) is 2. The van der Waals surface area contributed by atoms with E-state index < -0.39 is 0 Å². The SMILES string of the molecule is N[C@H]1CCCC[C@@H]1NCc1ccc(Cl)cc1. The van der Waals surface area contributed by atoms with Gasteiger partial charge in [-0.3, -0.25) is 0 Å². The molecule has 0 aromatic heterocycles. The number of hydrogen-bond donors (Lipinski definition) is 2. The summed E-state index contributed by atoms with van der Waals surface area (Å²) in [6.07, 6.45) is 4.93. The summed E-state index contributed by atoms with van der Waals surface area (Å²) in [7, 11) is 0. The molecule has 1 aliphatic carbocycles. The van der Waals surface area contributed by atoms with E-state index in [1.165, 1.54) is 24.8 Å². The lowest BCUT2D eigenvalue weighted by Gasteiger charge is -2.29. The van der Waals surface area contributed by atoms with Crippen molar-refractivity contribution < 1.29 is 0 Å². The molecule has 1 aromatic rings. The summed E-state index contributed by atoms with van der Waals surface area (Å²) in [6, 6.07) is 8.78. The summed E-state index contributed by atoms with van der Waals surface area (Å²) in [6.45, 7) is 0.884. The topological polar surface area (TPSA) is 38.0 Å². The lowest BCUT2D eigenvalue weighted by atomic mass is 9.91. The second kappa shape index (κ2) is 5.67. The van der Waals surface area contributed by atoms with Crippen molar-refractivity contribution in [2.24, 2.45) is 5.73 Å². The van der Waals surface area contributed by atoms with Gasteiger partial charge in [-0.05, 0) is 30.5 Å². The highest BCUT2D eigenvalue weighted by molar-refractivity contribution is 6.30. The molecule has 0 amide bonds. The van der Waals surface area contributed by atoms with E-state index in [2.05, 4.69) is 17.4 Å². The van der Waals surface area contributed by atoms with Crippen molar-refractivity contribution in [2.45, 2.75) is 44.3 Å². The van der Waals surface area contributed by atoms with E-state index in [4.69, 9.17) is 17.3 Å². The van der Waals surface area contributed by atoms with Crippen LogP contribution in [0.25, 0.3) is 0 Å². The normalized spacial score (nSPS) is 25.6. The van der Waals surface area contributed by atoms with Crippen molar-refractivity contribution in [3.8, 4) is 0 Å². The van der Waals surface area contributed by atoms with Crippen LogP contribution in [0, 0.1) is 0 Å². The van der Waals surface area contributed by atoms with Crippen LogP contribution in [0.2, 0.25) is 5.02 Å². The first-order chi connectivity index (χ1) is 7.75. The second-order valence-corrected chi connectivity index (χ2v) is 5.00. The van der Waals surface area contributed by atoms with Gasteiger partial charge in [0.15, 0.2) is 0 Å². The first-order valence-electron chi connectivity index (χ1n) is 5.99. The fourth-order valence-corrected chi connectivity index (χ4v) is 2.39.